The van der Waals surface area contributed by atoms with Crippen LogP contribution in [0.15, 0.2) is 66.9 Å². The molecule has 3 aromatic rings. The second-order valence-electron chi connectivity index (χ2n) is 5.11. The van der Waals surface area contributed by atoms with Crippen LogP contribution in [0.4, 0.5) is 0 Å². The van der Waals surface area contributed by atoms with Crippen LogP contribution < -0.4 is 5.32 Å². The zero-order valence-corrected chi connectivity index (χ0v) is 12.3. The number of aromatic amines is 1. The third kappa shape index (κ3) is 3.06. The van der Waals surface area contributed by atoms with Gasteiger partial charge in [0, 0.05) is 11.1 Å². The maximum absolute atomic E-state index is 12.2. The number of aromatic nitrogens is 2. The number of hydrogen-bond donors (Lipinski definition) is 2. The summed E-state index contributed by atoms with van der Waals surface area (Å²) in [6.45, 7) is 1.93. The molecule has 0 aliphatic rings. The molecular formula is C18H17N3O. The SMILES string of the molecule is CC(NC(=O)c1ccccc1)c1cnc(-c2ccccc2)[nH]1. The summed E-state index contributed by atoms with van der Waals surface area (Å²) in [6, 6.07) is 18.9. The molecule has 22 heavy (non-hydrogen) atoms. The van der Waals surface area contributed by atoms with Gasteiger partial charge in [-0.3, -0.25) is 4.79 Å². The predicted octanol–water partition coefficient (Wildman–Crippen LogP) is 3.57. The third-order valence-corrected chi connectivity index (χ3v) is 3.49. The molecule has 1 aromatic heterocycles. The van der Waals surface area contributed by atoms with Crippen molar-refractivity contribution in [1.29, 1.82) is 0 Å². The predicted molar refractivity (Wildman–Crippen MR) is 86.3 cm³/mol. The van der Waals surface area contributed by atoms with E-state index in [0.29, 0.717) is 5.56 Å². The van der Waals surface area contributed by atoms with E-state index < -0.39 is 0 Å². The molecule has 2 N–H and O–H groups in total. The van der Waals surface area contributed by atoms with Gasteiger partial charge in [-0.1, -0.05) is 48.5 Å². The summed E-state index contributed by atoms with van der Waals surface area (Å²) in [5, 5.41) is 2.97. The molecule has 0 saturated heterocycles. The van der Waals surface area contributed by atoms with Gasteiger partial charge in [-0.2, -0.15) is 0 Å². The number of H-pyrrole nitrogens is 1. The first kappa shape index (κ1) is 14.1. The van der Waals surface area contributed by atoms with E-state index in [2.05, 4.69) is 15.3 Å². The van der Waals surface area contributed by atoms with Gasteiger partial charge in [0.15, 0.2) is 0 Å². The number of benzene rings is 2. The van der Waals surface area contributed by atoms with Crippen LogP contribution >= 0.6 is 0 Å². The Bertz CT molecular complexity index is 750. The van der Waals surface area contributed by atoms with Crippen molar-refractivity contribution in [3.05, 3.63) is 78.1 Å². The van der Waals surface area contributed by atoms with E-state index in [0.717, 1.165) is 17.1 Å². The van der Waals surface area contributed by atoms with Gasteiger partial charge in [-0.25, -0.2) is 4.98 Å². The second-order valence-corrected chi connectivity index (χ2v) is 5.11. The molecule has 3 rings (SSSR count). The lowest BCUT2D eigenvalue weighted by Gasteiger charge is -2.12. The van der Waals surface area contributed by atoms with Crippen molar-refractivity contribution < 1.29 is 4.79 Å². The van der Waals surface area contributed by atoms with Crippen LogP contribution in [0, 0.1) is 0 Å². The summed E-state index contributed by atoms with van der Waals surface area (Å²) in [4.78, 5) is 19.8. The van der Waals surface area contributed by atoms with Gasteiger partial charge >= 0.3 is 0 Å². The van der Waals surface area contributed by atoms with Crippen molar-refractivity contribution in [2.24, 2.45) is 0 Å². The Balaban J connectivity index is 1.72. The molecular weight excluding hydrogens is 274 g/mol. The lowest BCUT2D eigenvalue weighted by atomic mass is 10.2. The molecule has 0 aliphatic carbocycles. The zero-order chi connectivity index (χ0) is 15.4. The van der Waals surface area contributed by atoms with Crippen molar-refractivity contribution in [2.45, 2.75) is 13.0 Å². The van der Waals surface area contributed by atoms with Crippen molar-refractivity contribution >= 4 is 5.91 Å². The van der Waals surface area contributed by atoms with E-state index in [-0.39, 0.29) is 11.9 Å². The Kier molecular flexibility index (Phi) is 4.01. The molecule has 0 radical (unpaired) electrons. The molecule has 0 aliphatic heterocycles. The van der Waals surface area contributed by atoms with E-state index in [1.54, 1.807) is 18.3 Å². The molecule has 4 nitrogen and oxygen atoms in total. The largest absolute Gasteiger partial charge is 0.344 e. The minimum Gasteiger partial charge on any atom is -0.344 e. The fourth-order valence-electron chi connectivity index (χ4n) is 2.25. The van der Waals surface area contributed by atoms with E-state index in [1.165, 1.54) is 0 Å². The van der Waals surface area contributed by atoms with Gasteiger partial charge in [0.05, 0.1) is 17.9 Å². The lowest BCUT2D eigenvalue weighted by Crippen LogP contribution is -2.26. The molecule has 1 amide bonds. The van der Waals surface area contributed by atoms with Gasteiger partial charge in [-0.05, 0) is 19.1 Å². The van der Waals surface area contributed by atoms with Crippen molar-refractivity contribution in [3.8, 4) is 11.4 Å². The number of nitrogens with one attached hydrogen (secondary N) is 2. The molecule has 0 spiro atoms. The molecule has 1 unspecified atom stereocenters. The molecule has 1 heterocycles. The normalized spacial score (nSPS) is 11.9. The van der Waals surface area contributed by atoms with Gasteiger partial charge < -0.3 is 10.3 Å². The van der Waals surface area contributed by atoms with Crippen LogP contribution in [0.25, 0.3) is 11.4 Å². The van der Waals surface area contributed by atoms with Crippen LogP contribution in [-0.4, -0.2) is 15.9 Å². The highest BCUT2D eigenvalue weighted by molar-refractivity contribution is 5.94. The summed E-state index contributed by atoms with van der Waals surface area (Å²) in [5.41, 5.74) is 2.55. The van der Waals surface area contributed by atoms with Crippen molar-refractivity contribution in [3.63, 3.8) is 0 Å². The van der Waals surface area contributed by atoms with Crippen LogP contribution in [-0.2, 0) is 0 Å². The Hall–Kier alpha value is -2.88. The highest BCUT2D eigenvalue weighted by atomic mass is 16.1. The number of hydrogen-bond acceptors (Lipinski definition) is 2. The first-order valence-corrected chi connectivity index (χ1v) is 7.20. The summed E-state index contributed by atoms with van der Waals surface area (Å²) in [7, 11) is 0. The summed E-state index contributed by atoms with van der Waals surface area (Å²) >= 11 is 0. The number of amides is 1. The quantitative estimate of drug-likeness (QED) is 0.772. The van der Waals surface area contributed by atoms with Gasteiger partial charge in [0.1, 0.15) is 5.82 Å². The first-order valence-electron chi connectivity index (χ1n) is 7.20. The van der Waals surface area contributed by atoms with Gasteiger partial charge in [0.25, 0.3) is 5.91 Å². The second kappa shape index (κ2) is 6.26. The lowest BCUT2D eigenvalue weighted by molar-refractivity contribution is 0.0939. The number of carbonyl (C=O) groups is 1. The van der Waals surface area contributed by atoms with Crippen LogP contribution in [0.1, 0.15) is 29.0 Å². The maximum atomic E-state index is 12.2. The number of carbonyl (C=O) groups excluding carboxylic acids is 1. The maximum Gasteiger partial charge on any atom is 0.251 e. The van der Waals surface area contributed by atoms with E-state index in [4.69, 9.17) is 0 Å². The summed E-state index contributed by atoms with van der Waals surface area (Å²) < 4.78 is 0. The molecule has 2 aromatic carbocycles. The highest BCUT2D eigenvalue weighted by Gasteiger charge is 2.13. The topological polar surface area (TPSA) is 57.8 Å². The van der Waals surface area contributed by atoms with E-state index in [9.17, 15) is 4.79 Å². The Morgan fingerprint density at radius 1 is 1.05 bits per heavy atom. The summed E-state index contributed by atoms with van der Waals surface area (Å²) in [5.74, 6) is 0.709. The Morgan fingerprint density at radius 2 is 1.68 bits per heavy atom. The molecule has 0 bridgehead atoms. The number of rotatable bonds is 4. The fraction of sp³-hybridized carbons (Fsp3) is 0.111. The molecule has 4 heteroatoms. The summed E-state index contributed by atoms with van der Waals surface area (Å²) in [6.07, 6.45) is 1.76. The van der Waals surface area contributed by atoms with Crippen LogP contribution in [0.3, 0.4) is 0 Å². The minimum atomic E-state index is -0.141. The highest BCUT2D eigenvalue weighted by Crippen LogP contribution is 2.18. The number of imidazole rings is 1. The van der Waals surface area contributed by atoms with Crippen molar-refractivity contribution in [1.82, 2.24) is 15.3 Å². The average Bonchev–Trinajstić information content (AvgIpc) is 3.06. The molecule has 110 valence electrons. The molecule has 0 fully saturated rings. The average molecular weight is 291 g/mol. The Labute approximate surface area is 129 Å². The number of nitrogens with zero attached hydrogens (tertiary/aromatic N) is 1. The van der Waals surface area contributed by atoms with Crippen molar-refractivity contribution in [2.75, 3.05) is 0 Å². The van der Waals surface area contributed by atoms with Gasteiger partial charge in [0.2, 0.25) is 0 Å². The minimum absolute atomic E-state index is 0.0936. The van der Waals surface area contributed by atoms with E-state index >= 15 is 0 Å². The third-order valence-electron chi connectivity index (χ3n) is 3.49. The smallest absolute Gasteiger partial charge is 0.251 e. The fourth-order valence-corrected chi connectivity index (χ4v) is 2.25. The standard InChI is InChI=1S/C18H17N3O/c1-13(20-18(22)15-10-6-3-7-11-15)16-12-19-17(21-16)14-8-4-2-5-9-14/h2-13H,1H3,(H,19,21)(H,20,22). The van der Waals surface area contributed by atoms with Gasteiger partial charge in [-0.15, -0.1) is 0 Å². The first-order chi connectivity index (χ1) is 10.7. The molecule has 1 atom stereocenters. The van der Waals surface area contributed by atoms with E-state index in [1.807, 2.05) is 55.5 Å². The zero-order valence-electron chi connectivity index (χ0n) is 12.3. The Morgan fingerprint density at radius 3 is 2.36 bits per heavy atom. The van der Waals surface area contributed by atoms with Crippen LogP contribution in [0.2, 0.25) is 0 Å². The van der Waals surface area contributed by atoms with Crippen LogP contribution in [0.5, 0.6) is 0 Å². The monoisotopic (exact) mass is 291 g/mol. The molecule has 0 saturated carbocycles.